The number of carbonyl (C=O) groups is 1. The van der Waals surface area contributed by atoms with Crippen molar-refractivity contribution in [3.63, 3.8) is 0 Å². The molecule has 2 aromatic rings. The highest BCUT2D eigenvalue weighted by atomic mass is 16.5. The number of hydrazone groups is 1. The number of benzene rings is 2. The van der Waals surface area contributed by atoms with Gasteiger partial charge in [0.25, 0.3) is 5.91 Å². The first-order valence-electron chi connectivity index (χ1n) is 10.2. The van der Waals surface area contributed by atoms with Crippen LogP contribution in [0.4, 0.5) is 0 Å². The first kappa shape index (κ1) is 23.0. The highest BCUT2D eigenvalue weighted by Crippen LogP contribution is 2.24. The highest BCUT2D eigenvalue weighted by Gasteiger charge is 2.07. The Bertz CT molecular complexity index is 849. The van der Waals surface area contributed by atoms with Crippen molar-refractivity contribution in [2.24, 2.45) is 5.10 Å². The van der Waals surface area contributed by atoms with Crippen LogP contribution in [0, 0.1) is 0 Å². The number of nitrogens with one attached hydrogen (secondary N) is 1. The Balaban J connectivity index is 1.94. The lowest BCUT2D eigenvalue weighted by atomic mass is 10.1. The van der Waals surface area contributed by atoms with Crippen molar-refractivity contribution in [2.75, 3.05) is 19.8 Å². The lowest BCUT2D eigenvalue weighted by Crippen LogP contribution is -2.24. The van der Waals surface area contributed by atoms with Crippen LogP contribution in [-0.2, 0) is 11.2 Å². The maximum Gasteiger partial charge on any atom is 0.277 e. The van der Waals surface area contributed by atoms with Crippen molar-refractivity contribution in [3.8, 4) is 17.2 Å². The maximum absolute atomic E-state index is 12.1. The fourth-order valence-electron chi connectivity index (χ4n) is 2.59. The Hall–Kier alpha value is -3.28. The molecule has 0 spiro atoms. The standard InChI is InChI=1S/C24H30N2O4/c1-4-9-19-10-7-8-11-22(19)30-18-24(27)26-25-17-20-12-13-21(28-14-5-2)16-23(20)29-15-6-3/h4,7-8,10-13,16-17H,1,5-6,9,14-15,18H2,2-3H3,(H,26,27). The second-order valence-electron chi connectivity index (χ2n) is 6.58. The fourth-order valence-corrected chi connectivity index (χ4v) is 2.59. The molecule has 1 N–H and O–H groups in total. The smallest absolute Gasteiger partial charge is 0.277 e. The number of allylic oxidation sites excluding steroid dienone is 1. The number of ether oxygens (including phenoxy) is 3. The van der Waals surface area contributed by atoms with Crippen molar-refractivity contribution >= 4 is 12.1 Å². The van der Waals surface area contributed by atoms with E-state index in [2.05, 4.69) is 24.0 Å². The molecule has 0 heterocycles. The molecule has 0 saturated carbocycles. The second kappa shape index (κ2) is 13.0. The summed E-state index contributed by atoms with van der Waals surface area (Å²) in [4.78, 5) is 12.1. The predicted molar refractivity (Wildman–Crippen MR) is 120 cm³/mol. The summed E-state index contributed by atoms with van der Waals surface area (Å²) < 4.78 is 17.1. The number of para-hydroxylation sites is 1. The van der Waals surface area contributed by atoms with Crippen molar-refractivity contribution in [1.82, 2.24) is 5.43 Å². The molecule has 0 aliphatic carbocycles. The Morgan fingerprint density at radius 1 is 1.03 bits per heavy atom. The number of carbonyl (C=O) groups excluding carboxylic acids is 1. The Kier molecular flexibility index (Phi) is 10.00. The van der Waals surface area contributed by atoms with Gasteiger partial charge in [0.15, 0.2) is 6.61 Å². The van der Waals surface area contributed by atoms with Gasteiger partial charge in [-0.3, -0.25) is 4.79 Å². The molecule has 0 radical (unpaired) electrons. The van der Waals surface area contributed by atoms with Crippen LogP contribution in [0.5, 0.6) is 17.2 Å². The highest BCUT2D eigenvalue weighted by molar-refractivity contribution is 5.85. The molecule has 6 nitrogen and oxygen atoms in total. The molecule has 160 valence electrons. The Morgan fingerprint density at radius 3 is 2.57 bits per heavy atom. The Morgan fingerprint density at radius 2 is 1.80 bits per heavy atom. The summed E-state index contributed by atoms with van der Waals surface area (Å²) in [6.07, 6.45) is 5.84. The molecule has 0 atom stereocenters. The van der Waals surface area contributed by atoms with Crippen LogP contribution < -0.4 is 19.6 Å². The van der Waals surface area contributed by atoms with Gasteiger partial charge in [0.1, 0.15) is 17.2 Å². The zero-order valence-electron chi connectivity index (χ0n) is 17.7. The van der Waals surface area contributed by atoms with Crippen LogP contribution in [0.2, 0.25) is 0 Å². The first-order valence-corrected chi connectivity index (χ1v) is 10.2. The number of nitrogens with zero attached hydrogens (tertiary/aromatic N) is 1. The largest absolute Gasteiger partial charge is 0.493 e. The van der Waals surface area contributed by atoms with Gasteiger partial charge in [-0.05, 0) is 43.0 Å². The molecule has 0 aliphatic rings. The van der Waals surface area contributed by atoms with Gasteiger partial charge < -0.3 is 14.2 Å². The molecule has 1 amide bonds. The summed E-state index contributed by atoms with van der Waals surface area (Å²) >= 11 is 0. The molecule has 0 aromatic heterocycles. The molecule has 0 aliphatic heterocycles. The minimum absolute atomic E-state index is 0.130. The van der Waals surface area contributed by atoms with Gasteiger partial charge in [0.05, 0.1) is 19.4 Å². The van der Waals surface area contributed by atoms with Crippen molar-refractivity contribution < 1.29 is 19.0 Å². The van der Waals surface area contributed by atoms with E-state index in [0.29, 0.717) is 31.1 Å². The van der Waals surface area contributed by atoms with Gasteiger partial charge in [0, 0.05) is 11.6 Å². The van der Waals surface area contributed by atoms with E-state index in [1.54, 1.807) is 12.3 Å². The van der Waals surface area contributed by atoms with Crippen molar-refractivity contribution in [2.45, 2.75) is 33.1 Å². The molecule has 2 aromatic carbocycles. The third-order valence-corrected chi connectivity index (χ3v) is 4.01. The average Bonchev–Trinajstić information content (AvgIpc) is 2.76. The van der Waals surface area contributed by atoms with E-state index in [1.165, 1.54) is 0 Å². The molecular weight excluding hydrogens is 380 g/mol. The average molecular weight is 411 g/mol. The summed E-state index contributed by atoms with van der Waals surface area (Å²) in [7, 11) is 0. The van der Waals surface area contributed by atoms with Crippen LogP contribution in [0.15, 0.2) is 60.2 Å². The van der Waals surface area contributed by atoms with Crippen LogP contribution in [0.3, 0.4) is 0 Å². The number of hydrogen-bond acceptors (Lipinski definition) is 5. The summed E-state index contributed by atoms with van der Waals surface area (Å²) in [6.45, 7) is 8.93. The lowest BCUT2D eigenvalue weighted by Gasteiger charge is -2.11. The van der Waals surface area contributed by atoms with Crippen LogP contribution in [-0.4, -0.2) is 31.9 Å². The molecule has 0 bridgehead atoms. The first-order chi connectivity index (χ1) is 14.7. The minimum atomic E-state index is -0.349. The normalized spacial score (nSPS) is 10.6. The van der Waals surface area contributed by atoms with Gasteiger partial charge in [-0.25, -0.2) is 5.43 Å². The summed E-state index contributed by atoms with van der Waals surface area (Å²) in [6, 6.07) is 13.1. The number of rotatable bonds is 13. The summed E-state index contributed by atoms with van der Waals surface area (Å²) in [5.74, 6) is 1.72. The fraction of sp³-hybridized carbons (Fsp3) is 0.333. The van der Waals surface area contributed by atoms with Crippen molar-refractivity contribution in [1.29, 1.82) is 0 Å². The van der Waals surface area contributed by atoms with Gasteiger partial charge >= 0.3 is 0 Å². The second-order valence-corrected chi connectivity index (χ2v) is 6.58. The van der Waals surface area contributed by atoms with Gasteiger partial charge in [-0.2, -0.15) is 5.10 Å². The monoisotopic (exact) mass is 410 g/mol. The van der Waals surface area contributed by atoms with E-state index >= 15 is 0 Å². The molecular formula is C24H30N2O4. The number of hydrogen-bond donors (Lipinski definition) is 1. The summed E-state index contributed by atoms with van der Waals surface area (Å²) in [5, 5.41) is 4.03. The molecule has 0 saturated heterocycles. The molecule has 0 unspecified atom stereocenters. The number of amides is 1. The molecule has 2 rings (SSSR count). The SMILES string of the molecule is C=CCc1ccccc1OCC(=O)NN=Cc1ccc(OCCC)cc1OCCC. The summed E-state index contributed by atoms with van der Waals surface area (Å²) in [5.41, 5.74) is 4.22. The van der Waals surface area contributed by atoms with Crippen LogP contribution >= 0.6 is 0 Å². The van der Waals surface area contributed by atoms with Crippen LogP contribution in [0.1, 0.15) is 37.8 Å². The van der Waals surface area contributed by atoms with Gasteiger partial charge in [-0.1, -0.05) is 38.1 Å². The third kappa shape index (κ3) is 7.62. The van der Waals surface area contributed by atoms with Crippen LogP contribution in [0.25, 0.3) is 0 Å². The van der Waals surface area contributed by atoms with Crippen molar-refractivity contribution in [3.05, 3.63) is 66.2 Å². The zero-order valence-corrected chi connectivity index (χ0v) is 17.7. The van der Waals surface area contributed by atoms with Gasteiger partial charge in [0.2, 0.25) is 0 Å². The topological polar surface area (TPSA) is 69.2 Å². The van der Waals surface area contributed by atoms with E-state index < -0.39 is 0 Å². The minimum Gasteiger partial charge on any atom is -0.493 e. The van der Waals surface area contributed by atoms with E-state index in [-0.39, 0.29) is 12.5 Å². The van der Waals surface area contributed by atoms with Gasteiger partial charge in [-0.15, -0.1) is 6.58 Å². The van der Waals surface area contributed by atoms with E-state index in [4.69, 9.17) is 14.2 Å². The Labute approximate surface area is 178 Å². The molecule has 0 fully saturated rings. The van der Waals surface area contributed by atoms with E-state index in [0.717, 1.165) is 29.7 Å². The van der Waals surface area contributed by atoms with E-state index in [9.17, 15) is 4.79 Å². The lowest BCUT2D eigenvalue weighted by molar-refractivity contribution is -0.123. The third-order valence-electron chi connectivity index (χ3n) is 4.01. The predicted octanol–water partition coefficient (Wildman–Crippen LogP) is 4.52. The molecule has 6 heteroatoms. The molecule has 30 heavy (non-hydrogen) atoms. The van der Waals surface area contributed by atoms with E-state index in [1.807, 2.05) is 49.4 Å². The quantitative estimate of drug-likeness (QED) is 0.299. The zero-order chi connectivity index (χ0) is 21.6. The maximum atomic E-state index is 12.1.